The maximum absolute atomic E-state index is 12.5. The number of aliphatic hydroxyl groups is 1. The van der Waals surface area contributed by atoms with Crippen LogP contribution < -0.4 is 5.32 Å². The Labute approximate surface area is 138 Å². The smallest absolute Gasteiger partial charge is 0.265 e. The Bertz CT molecular complexity index is 805. The molecule has 0 radical (unpaired) electrons. The Morgan fingerprint density at radius 3 is 2.48 bits per heavy atom. The van der Waals surface area contributed by atoms with Gasteiger partial charge >= 0.3 is 0 Å². The molecule has 0 bridgehead atoms. The van der Waals surface area contributed by atoms with E-state index in [0.717, 1.165) is 0 Å². The van der Waals surface area contributed by atoms with E-state index in [1.165, 1.54) is 17.0 Å². The molecule has 0 fully saturated rings. The van der Waals surface area contributed by atoms with E-state index in [9.17, 15) is 14.7 Å². The minimum absolute atomic E-state index is 0.196. The molecule has 5 nitrogen and oxygen atoms in total. The number of hydrogen-bond donors (Lipinski definition) is 2. The van der Waals surface area contributed by atoms with Crippen LogP contribution >= 0.6 is 11.6 Å². The van der Waals surface area contributed by atoms with Gasteiger partial charge in [0.2, 0.25) is 0 Å². The van der Waals surface area contributed by atoms with E-state index in [-0.39, 0.29) is 17.0 Å². The third-order valence-corrected chi connectivity index (χ3v) is 4.09. The zero-order valence-electron chi connectivity index (χ0n) is 12.6. The molecule has 3 rings (SSSR count). The van der Waals surface area contributed by atoms with Crippen LogP contribution in [-0.2, 0) is 10.4 Å². The molecular formula is C17H15ClN2O3. The average molecular weight is 331 g/mol. The summed E-state index contributed by atoms with van der Waals surface area (Å²) in [5, 5.41) is 14.1. The van der Waals surface area contributed by atoms with Gasteiger partial charge in [0.1, 0.15) is 0 Å². The number of anilines is 1. The summed E-state index contributed by atoms with van der Waals surface area (Å²) >= 11 is 6.06. The number of hydrogen-bond acceptors (Lipinski definition) is 3. The first-order chi connectivity index (χ1) is 10.9. The highest BCUT2D eigenvalue weighted by Gasteiger charge is 2.49. The van der Waals surface area contributed by atoms with Gasteiger partial charge in [0.25, 0.3) is 11.8 Å². The van der Waals surface area contributed by atoms with Crippen molar-refractivity contribution in [1.82, 2.24) is 4.90 Å². The predicted molar refractivity (Wildman–Crippen MR) is 87.5 cm³/mol. The summed E-state index contributed by atoms with van der Waals surface area (Å²) in [5.41, 5.74) is -0.758. The molecule has 118 valence electrons. The number of nitrogens with zero attached hydrogens (tertiary/aromatic N) is 1. The van der Waals surface area contributed by atoms with Crippen molar-refractivity contribution in [3.8, 4) is 0 Å². The highest BCUT2D eigenvalue weighted by Crippen LogP contribution is 2.44. The molecule has 0 saturated heterocycles. The largest absolute Gasteiger partial charge is 0.372 e. The van der Waals surface area contributed by atoms with E-state index >= 15 is 0 Å². The van der Waals surface area contributed by atoms with Crippen molar-refractivity contribution in [1.29, 1.82) is 0 Å². The molecule has 1 unspecified atom stereocenters. The van der Waals surface area contributed by atoms with Crippen molar-refractivity contribution in [2.75, 3.05) is 19.4 Å². The van der Waals surface area contributed by atoms with Crippen LogP contribution in [0.5, 0.6) is 0 Å². The maximum Gasteiger partial charge on any atom is 0.265 e. The monoisotopic (exact) mass is 330 g/mol. The number of carbonyl (C=O) groups excluding carboxylic acids is 2. The Morgan fingerprint density at radius 1 is 1.22 bits per heavy atom. The number of nitrogens with one attached hydrogen (secondary N) is 1. The molecule has 23 heavy (non-hydrogen) atoms. The molecule has 0 aromatic heterocycles. The van der Waals surface area contributed by atoms with Crippen LogP contribution in [0.25, 0.3) is 0 Å². The highest BCUT2D eigenvalue weighted by atomic mass is 35.5. The minimum Gasteiger partial charge on any atom is -0.372 e. The molecule has 6 heteroatoms. The summed E-state index contributed by atoms with van der Waals surface area (Å²) in [4.78, 5) is 26.4. The third-order valence-electron chi connectivity index (χ3n) is 3.87. The zero-order chi connectivity index (χ0) is 16.8. The second kappa shape index (κ2) is 5.37. The quantitative estimate of drug-likeness (QED) is 0.887. The lowest BCUT2D eigenvalue weighted by Crippen LogP contribution is -2.37. The van der Waals surface area contributed by atoms with Gasteiger partial charge in [0, 0.05) is 24.7 Å². The average Bonchev–Trinajstić information content (AvgIpc) is 2.78. The van der Waals surface area contributed by atoms with E-state index in [1.807, 2.05) is 0 Å². The molecule has 2 N–H and O–H groups in total. The first-order valence-electron chi connectivity index (χ1n) is 7.00. The van der Waals surface area contributed by atoms with Crippen LogP contribution in [0.3, 0.4) is 0 Å². The lowest BCUT2D eigenvalue weighted by Gasteiger charge is -2.24. The van der Waals surface area contributed by atoms with Crippen LogP contribution in [0.1, 0.15) is 21.5 Å². The van der Waals surface area contributed by atoms with Gasteiger partial charge in [-0.05, 0) is 17.7 Å². The first kappa shape index (κ1) is 15.5. The summed E-state index contributed by atoms with van der Waals surface area (Å²) in [6.45, 7) is 0. The Balaban J connectivity index is 2.31. The molecule has 1 heterocycles. The van der Waals surface area contributed by atoms with Crippen molar-refractivity contribution < 1.29 is 14.7 Å². The third kappa shape index (κ3) is 2.29. The molecule has 2 aromatic carbocycles. The van der Waals surface area contributed by atoms with E-state index in [1.54, 1.807) is 44.4 Å². The van der Waals surface area contributed by atoms with Crippen molar-refractivity contribution in [3.05, 3.63) is 64.2 Å². The Morgan fingerprint density at radius 2 is 1.87 bits per heavy atom. The van der Waals surface area contributed by atoms with E-state index in [2.05, 4.69) is 5.32 Å². The molecule has 0 spiro atoms. The van der Waals surface area contributed by atoms with Gasteiger partial charge < -0.3 is 15.3 Å². The lowest BCUT2D eigenvalue weighted by atomic mass is 9.84. The second-order valence-corrected chi connectivity index (χ2v) is 6.04. The number of benzene rings is 2. The molecule has 0 saturated carbocycles. The normalized spacial score (nSPS) is 19.2. The fourth-order valence-electron chi connectivity index (χ4n) is 2.79. The van der Waals surface area contributed by atoms with Crippen LogP contribution in [0, 0.1) is 0 Å². The molecule has 1 atom stereocenters. The van der Waals surface area contributed by atoms with Gasteiger partial charge in [0.15, 0.2) is 5.60 Å². The molecular weight excluding hydrogens is 316 g/mol. The maximum atomic E-state index is 12.5. The second-order valence-electron chi connectivity index (χ2n) is 5.61. The summed E-state index contributed by atoms with van der Waals surface area (Å²) < 4.78 is 0. The van der Waals surface area contributed by atoms with Crippen LogP contribution in [0.4, 0.5) is 5.69 Å². The van der Waals surface area contributed by atoms with E-state index in [4.69, 9.17) is 11.6 Å². The van der Waals surface area contributed by atoms with Crippen molar-refractivity contribution in [2.45, 2.75) is 5.60 Å². The number of fused-ring (bicyclic) bond motifs is 1. The van der Waals surface area contributed by atoms with Gasteiger partial charge in [-0.25, -0.2) is 0 Å². The Kier molecular flexibility index (Phi) is 3.62. The van der Waals surface area contributed by atoms with Gasteiger partial charge in [-0.2, -0.15) is 0 Å². The van der Waals surface area contributed by atoms with Gasteiger partial charge in [-0.1, -0.05) is 41.9 Å². The Hall–Kier alpha value is -2.37. The SMILES string of the molecule is CN(C)C(=O)c1cc(Cl)cc2c1C(O)(c1ccccc1)C(=O)N2. The van der Waals surface area contributed by atoms with Crippen molar-refractivity contribution >= 4 is 29.1 Å². The fraction of sp³-hybridized carbons (Fsp3) is 0.176. The van der Waals surface area contributed by atoms with Crippen LogP contribution in [-0.4, -0.2) is 35.9 Å². The van der Waals surface area contributed by atoms with Gasteiger partial charge in [-0.3, -0.25) is 9.59 Å². The molecule has 1 aliphatic heterocycles. The summed E-state index contributed by atoms with van der Waals surface area (Å²) in [6.07, 6.45) is 0. The molecule has 2 amide bonds. The van der Waals surface area contributed by atoms with Gasteiger partial charge in [-0.15, -0.1) is 0 Å². The summed E-state index contributed by atoms with van der Waals surface area (Å²) in [5.74, 6) is -0.941. The number of rotatable bonds is 2. The number of amides is 2. The van der Waals surface area contributed by atoms with Crippen LogP contribution in [0.2, 0.25) is 5.02 Å². The number of halogens is 1. The standard InChI is InChI=1S/C17H15ClN2O3/c1-20(2)15(21)12-8-11(18)9-13-14(12)17(23,16(22)19-13)10-6-4-3-5-7-10/h3-9,23H,1-2H3,(H,19,22). The van der Waals surface area contributed by atoms with E-state index in [0.29, 0.717) is 16.3 Å². The highest BCUT2D eigenvalue weighted by molar-refractivity contribution is 6.32. The van der Waals surface area contributed by atoms with Gasteiger partial charge in [0.05, 0.1) is 11.3 Å². The van der Waals surface area contributed by atoms with Crippen molar-refractivity contribution in [3.63, 3.8) is 0 Å². The number of carbonyl (C=O) groups is 2. The van der Waals surface area contributed by atoms with E-state index < -0.39 is 11.5 Å². The fourth-order valence-corrected chi connectivity index (χ4v) is 3.00. The summed E-state index contributed by atoms with van der Waals surface area (Å²) in [6, 6.07) is 11.5. The molecule has 1 aliphatic rings. The first-order valence-corrected chi connectivity index (χ1v) is 7.38. The minimum atomic E-state index is -1.93. The van der Waals surface area contributed by atoms with Crippen LogP contribution in [0.15, 0.2) is 42.5 Å². The topological polar surface area (TPSA) is 69.6 Å². The molecule has 0 aliphatic carbocycles. The summed E-state index contributed by atoms with van der Waals surface area (Å²) in [7, 11) is 3.20. The molecule has 2 aromatic rings. The van der Waals surface area contributed by atoms with Crippen molar-refractivity contribution in [2.24, 2.45) is 0 Å². The lowest BCUT2D eigenvalue weighted by molar-refractivity contribution is -0.129. The predicted octanol–water partition coefficient (Wildman–Crippen LogP) is 2.23. The zero-order valence-corrected chi connectivity index (χ0v) is 13.4.